The summed E-state index contributed by atoms with van der Waals surface area (Å²) in [6.07, 6.45) is -0.414. The van der Waals surface area contributed by atoms with Gasteiger partial charge in [0, 0.05) is 10.2 Å². The number of thioether (sulfide) groups is 1. The summed E-state index contributed by atoms with van der Waals surface area (Å²) in [5.74, 6) is 1.36. The van der Waals surface area contributed by atoms with Gasteiger partial charge in [0.1, 0.15) is 11.6 Å². The Kier molecular flexibility index (Phi) is 5.52. The molecule has 1 aromatic heterocycles. The Balaban J connectivity index is 1.59. The molecular formula is C17H14BrFN2O2S. The number of halogens is 2. The molecule has 3 aromatic rings. The van der Waals surface area contributed by atoms with Crippen LogP contribution in [0.5, 0.6) is 5.75 Å². The van der Waals surface area contributed by atoms with Gasteiger partial charge in [0.05, 0.1) is 0 Å². The molecular weight excluding hydrogens is 395 g/mol. The lowest BCUT2D eigenvalue weighted by atomic mass is 10.2. The molecule has 4 nitrogen and oxygen atoms in total. The van der Waals surface area contributed by atoms with Crippen molar-refractivity contribution in [1.29, 1.82) is 0 Å². The molecule has 2 aromatic carbocycles. The molecule has 3 rings (SSSR count). The van der Waals surface area contributed by atoms with Crippen LogP contribution in [0.2, 0.25) is 0 Å². The number of benzene rings is 2. The Bertz CT molecular complexity index is 810. The van der Waals surface area contributed by atoms with Crippen molar-refractivity contribution in [2.75, 3.05) is 0 Å². The molecule has 0 aliphatic carbocycles. The van der Waals surface area contributed by atoms with Crippen LogP contribution in [-0.2, 0) is 5.75 Å². The van der Waals surface area contributed by atoms with E-state index in [0.717, 1.165) is 15.8 Å². The predicted molar refractivity (Wildman–Crippen MR) is 93.4 cm³/mol. The van der Waals surface area contributed by atoms with Gasteiger partial charge in [-0.15, -0.1) is 10.2 Å². The first-order chi connectivity index (χ1) is 11.6. The average Bonchev–Trinajstić information content (AvgIpc) is 3.04. The minimum absolute atomic E-state index is 0.306. The van der Waals surface area contributed by atoms with Gasteiger partial charge >= 0.3 is 0 Å². The van der Waals surface area contributed by atoms with Gasteiger partial charge < -0.3 is 9.15 Å². The summed E-state index contributed by atoms with van der Waals surface area (Å²) in [5.41, 5.74) is 1.16. The average molecular weight is 409 g/mol. The van der Waals surface area contributed by atoms with Crippen molar-refractivity contribution >= 4 is 27.7 Å². The van der Waals surface area contributed by atoms with Gasteiger partial charge in [-0.25, -0.2) is 4.39 Å². The fourth-order valence-electron chi connectivity index (χ4n) is 1.98. The highest BCUT2D eigenvalue weighted by Gasteiger charge is 2.16. The van der Waals surface area contributed by atoms with E-state index in [9.17, 15) is 4.39 Å². The van der Waals surface area contributed by atoms with Gasteiger partial charge in [-0.05, 0) is 48.9 Å². The molecule has 0 saturated heterocycles. The van der Waals surface area contributed by atoms with Crippen LogP contribution < -0.4 is 4.74 Å². The van der Waals surface area contributed by atoms with Gasteiger partial charge in [-0.3, -0.25) is 0 Å². The quantitative estimate of drug-likeness (QED) is 0.510. The second-order valence-electron chi connectivity index (χ2n) is 5.04. The largest absolute Gasteiger partial charge is 0.481 e. The van der Waals surface area contributed by atoms with E-state index >= 15 is 0 Å². The topological polar surface area (TPSA) is 48.2 Å². The molecule has 0 fully saturated rings. The Hall–Kier alpha value is -1.86. The van der Waals surface area contributed by atoms with Crippen LogP contribution in [-0.4, -0.2) is 10.2 Å². The molecule has 0 radical (unpaired) electrons. The van der Waals surface area contributed by atoms with Gasteiger partial charge in [0.15, 0.2) is 6.10 Å². The lowest BCUT2D eigenvalue weighted by Crippen LogP contribution is -2.03. The first-order valence-electron chi connectivity index (χ1n) is 7.23. The second kappa shape index (κ2) is 7.81. The summed E-state index contributed by atoms with van der Waals surface area (Å²) in [6.45, 7) is 1.81. The maximum absolute atomic E-state index is 12.9. The second-order valence-corrected chi connectivity index (χ2v) is 6.88. The molecule has 0 N–H and O–H groups in total. The molecule has 1 heterocycles. The molecule has 0 amide bonds. The molecule has 124 valence electrons. The minimum atomic E-state index is -0.414. The third-order valence-electron chi connectivity index (χ3n) is 3.15. The summed E-state index contributed by atoms with van der Waals surface area (Å²) < 4.78 is 25.2. The molecule has 0 bridgehead atoms. The van der Waals surface area contributed by atoms with Gasteiger partial charge in [0.2, 0.25) is 0 Å². The number of hydrogen-bond acceptors (Lipinski definition) is 5. The van der Waals surface area contributed by atoms with E-state index < -0.39 is 6.10 Å². The monoisotopic (exact) mass is 408 g/mol. The summed E-state index contributed by atoms with van der Waals surface area (Å²) in [6, 6.07) is 13.9. The lowest BCUT2D eigenvalue weighted by molar-refractivity contribution is 0.181. The van der Waals surface area contributed by atoms with Crippen molar-refractivity contribution in [2.24, 2.45) is 0 Å². The van der Waals surface area contributed by atoms with Crippen molar-refractivity contribution in [3.63, 3.8) is 0 Å². The fourth-order valence-corrected chi connectivity index (χ4v) is 3.14. The third-order valence-corrected chi connectivity index (χ3v) is 4.53. The van der Waals surface area contributed by atoms with Crippen LogP contribution in [0.3, 0.4) is 0 Å². The van der Waals surface area contributed by atoms with Crippen LogP contribution >= 0.6 is 27.7 Å². The fraction of sp³-hybridized carbons (Fsp3) is 0.176. The summed E-state index contributed by atoms with van der Waals surface area (Å²) in [7, 11) is 0. The van der Waals surface area contributed by atoms with Crippen LogP contribution in [0.25, 0.3) is 0 Å². The number of nitrogens with zero attached hydrogens (tertiary/aromatic N) is 2. The van der Waals surface area contributed by atoms with E-state index in [4.69, 9.17) is 9.15 Å². The summed E-state index contributed by atoms with van der Waals surface area (Å²) in [5, 5.41) is 8.52. The predicted octanol–water partition coefficient (Wildman–Crippen LogP) is 5.40. The van der Waals surface area contributed by atoms with Gasteiger partial charge in [0.25, 0.3) is 11.1 Å². The smallest absolute Gasteiger partial charge is 0.277 e. The lowest BCUT2D eigenvalue weighted by Gasteiger charge is -2.10. The Labute approximate surface area is 151 Å². The van der Waals surface area contributed by atoms with E-state index in [-0.39, 0.29) is 5.82 Å². The molecule has 0 aliphatic heterocycles. The Morgan fingerprint density at radius 3 is 2.75 bits per heavy atom. The highest BCUT2D eigenvalue weighted by atomic mass is 79.9. The van der Waals surface area contributed by atoms with Crippen molar-refractivity contribution < 1.29 is 13.5 Å². The minimum Gasteiger partial charge on any atom is -0.481 e. The Morgan fingerprint density at radius 2 is 2.00 bits per heavy atom. The highest BCUT2D eigenvalue weighted by Crippen LogP contribution is 2.26. The zero-order valence-corrected chi connectivity index (χ0v) is 15.2. The van der Waals surface area contributed by atoms with E-state index in [1.54, 1.807) is 19.1 Å². The van der Waals surface area contributed by atoms with Gasteiger partial charge in [-0.2, -0.15) is 0 Å². The molecule has 7 heteroatoms. The first kappa shape index (κ1) is 17.0. The Morgan fingerprint density at radius 1 is 1.21 bits per heavy atom. The van der Waals surface area contributed by atoms with E-state index in [1.165, 1.54) is 23.9 Å². The van der Waals surface area contributed by atoms with Crippen LogP contribution in [0, 0.1) is 5.82 Å². The van der Waals surface area contributed by atoms with Crippen molar-refractivity contribution in [3.05, 3.63) is 70.3 Å². The highest BCUT2D eigenvalue weighted by molar-refractivity contribution is 9.10. The molecule has 1 unspecified atom stereocenters. The normalized spacial score (nSPS) is 12.1. The maximum atomic E-state index is 12.9. The molecule has 24 heavy (non-hydrogen) atoms. The third kappa shape index (κ3) is 4.58. The van der Waals surface area contributed by atoms with Crippen molar-refractivity contribution in [2.45, 2.75) is 24.0 Å². The van der Waals surface area contributed by atoms with Crippen molar-refractivity contribution in [1.82, 2.24) is 10.2 Å². The SMILES string of the molecule is CC(Oc1ccc(F)cc1)c1nnc(SCc2cccc(Br)c2)o1. The standard InChI is InChI=1S/C17H14BrFN2O2S/c1-11(22-15-7-5-14(19)6-8-15)16-20-21-17(23-16)24-10-12-3-2-4-13(18)9-12/h2-9,11H,10H2,1H3. The summed E-state index contributed by atoms with van der Waals surface area (Å²) >= 11 is 4.91. The maximum Gasteiger partial charge on any atom is 0.277 e. The zero-order valence-electron chi connectivity index (χ0n) is 12.8. The molecule has 0 spiro atoms. The van der Waals surface area contributed by atoms with E-state index in [0.29, 0.717) is 16.9 Å². The number of rotatable bonds is 6. The molecule has 0 saturated carbocycles. The number of aromatic nitrogens is 2. The summed E-state index contributed by atoms with van der Waals surface area (Å²) in [4.78, 5) is 0. The van der Waals surface area contributed by atoms with Crippen LogP contribution in [0.1, 0.15) is 24.5 Å². The first-order valence-corrected chi connectivity index (χ1v) is 9.01. The van der Waals surface area contributed by atoms with Crippen molar-refractivity contribution in [3.8, 4) is 5.75 Å². The van der Waals surface area contributed by atoms with E-state index in [1.807, 2.05) is 24.3 Å². The molecule has 0 aliphatic rings. The molecule has 1 atom stereocenters. The zero-order chi connectivity index (χ0) is 16.9. The van der Waals surface area contributed by atoms with Crippen LogP contribution in [0.15, 0.2) is 62.6 Å². The number of hydrogen-bond donors (Lipinski definition) is 0. The van der Waals surface area contributed by atoms with E-state index in [2.05, 4.69) is 26.1 Å². The van der Waals surface area contributed by atoms with Gasteiger partial charge in [-0.1, -0.05) is 39.8 Å². The van der Waals surface area contributed by atoms with Crippen LogP contribution in [0.4, 0.5) is 4.39 Å². The number of ether oxygens (including phenoxy) is 1.